The van der Waals surface area contributed by atoms with Gasteiger partial charge in [0.25, 0.3) is 0 Å². The fourth-order valence-electron chi connectivity index (χ4n) is 3.14. The molecule has 1 aromatic rings. The summed E-state index contributed by atoms with van der Waals surface area (Å²) in [6.45, 7) is 8.25. The summed E-state index contributed by atoms with van der Waals surface area (Å²) in [5.74, 6) is -1.34. The quantitative estimate of drug-likeness (QED) is 0.850. The molecule has 27 heavy (non-hydrogen) atoms. The zero-order valence-corrected chi connectivity index (χ0v) is 16.4. The average molecular weight is 382 g/mol. The largest absolute Gasteiger partial charge is 0.444 e. The highest BCUT2D eigenvalue weighted by atomic mass is 19.1. The number of amides is 2. The molecule has 5 nitrogen and oxygen atoms in total. The minimum absolute atomic E-state index is 0.161. The summed E-state index contributed by atoms with van der Waals surface area (Å²) in [5.41, 5.74) is -0.274. The van der Waals surface area contributed by atoms with E-state index in [1.54, 1.807) is 11.8 Å². The van der Waals surface area contributed by atoms with Crippen LogP contribution in [0, 0.1) is 17.6 Å². The smallest absolute Gasteiger partial charge is 0.410 e. The number of rotatable bonds is 4. The number of halogens is 2. The maximum absolute atomic E-state index is 13.8. The molecule has 2 amide bonds. The van der Waals surface area contributed by atoms with Gasteiger partial charge in [0.2, 0.25) is 5.91 Å². The van der Waals surface area contributed by atoms with Crippen LogP contribution in [0.15, 0.2) is 18.2 Å². The van der Waals surface area contributed by atoms with Gasteiger partial charge in [-0.3, -0.25) is 4.79 Å². The van der Waals surface area contributed by atoms with Crippen molar-refractivity contribution in [1.82, 2.24) is 10.2 Å². The zero-order valence-electron chi connectivity index (χ0n) is 16.4. The van der Waals surface area contributed by atoms with Gasteiger partial charge < -0.3 is 15.0 Å². The molecule has 7 heteroatoms. The molecule has 0 aromatic heterocycles. The Morgan fingerprint density at radius 3 is 2.44 bits per heavy atom. The van der Waals surface area contributed by atoms with Crippen LogP contribution in [0.5, 0.6) is 0 Å². The molecule has 0 bridgehead atoms. The number of carbonyl (C=O) groups is 2. The number of nitrogens with zero attached hydrogens (tertiary/aromatic N) is 1. The van der Waals surface area contributed by atoms with E-state index in [9.17, 15) is 18.4 Å². The molecule has 0 saturated carbocycles. The van der Waals surface area contributed by atoms with Crippen molar-refractivity contribution in [1.29, 1.82) is 0 Å². The summed E-state index contributed by atoms with van der Waals surface area (Å²) in [4.78, 5) is 26.0. The number of nitrogens with one attached hydrogen (secondary N) is 1. The van der Waals surface area contributed by atoms with Gasteiger partial charge in [-0.05, 0) is 52.5 Å². The van der Waals surface area contributed by atoms with E-state index in [0.29, 0.717) is 32.4 Å². The third-order valence-electron chi connectivity index (χ3n) is 4.55. The molecule has 0 spiro atoms. The Hall–Kier alpha value is -2.18. The first-order valence-corrected chi connectivity index (χ1v) is 9.27. The van der Waals surface area contributed by atoms with Gasteiger partial charge in [-0.1, -0.05) is 6.07 Å². The monoisotopic (exact) mass is 382 g/mol. The highest BCUT2D eigenvalue weighted by Crippen LogP contribution is 2.23. The topological polar surface area (TPSA) is 58.6 Å². The SMILES string of the molecule is CC(NC(=O)CC1CCN(C(=O)OC(C)(C)C)CC1)c1ccc(F)cc1F. The number of likely N-dealkylation sites (tertiary alicyclic amines) is 1. The van der Waals surface area contributed by atoms with Crippen molar-refractivity contribution in [3.63, 3.8) is 0 Å². The van der Waals surface area contributed by atoms with Gasteiger partial charge in [-0.15, -0.1) is 0 Å². The lowest BCUT2D eigenvalue weighted by Gasteiger charge is -2.33. The standard InChI is InChI=1S/C20H28F2N2O3/c1-13(16-6-5-15(21)12-17(16)22)23-18(25)11-14-7-9-24(10-8-14)19(26)27-20(2,3)4/h5-6,12-14H,7-11H2,1-4H3,(H,23,25). The maximum atomic E-state index is 13.8. The van der Waals surface area contributed by atoms with Gasteiger partial charge in [0.15, 0.2) is 0 Å². The van der Waals surface area contributed by atoms with Crippen molar-refractivity contribution in [2.45, 2.75) is 58.6 Å². The summed E-state index contributed by atoms with van der Waals surface area (Å²) in [7, 11) is 0. The van der Waals surface area contributed by atoms with Crippen LogP contribution >= 0.6 is 0 Å². The van der Waals surface area contributed by atoms with Gasteiger partial charge in [0, 0.05) is 31.1 Å². The predicted molar refractivity (Wildman–Crippen MR) is 98.1 cm³/mol. The fraction of sp³-hybridized carbons (Fsp3) is 0.600. The predicted octanol–water partition coefficient (Wildman–Crippen LogP) is 4.18. The molecule has 0 aliphatic carbocycles. The Morgan fingerprint density at radius 1 is 1.26 bits per heavy atom. The van der Waals surface area contributed by atoms with Crippen molar-refractivity contribution in [3.05, 3.63) is 35.4 Å². The Labute approximate surface area is 159 Å². The van der Waals surface area contributed by atoms with Crippen LogP contribution in [0.25, 0.3) is 0 Å². The Bertz CT molecular complexity index is 680. The van der Waals surface area contributed by atoms with Crippen molar-refractivity contribution < 1.29 is 23.1 Å². The Morgan fingerprint density at radius 2 is 1.89 bits per heavy atom. The van der Waals surface area contributed by atoms with Crippen molar-refractivity contribution >= 4 is 12.0 Å². The van der Waals surface area contributed by atoms with E-state index in [2.05, 4.69) is 5.32 Å². The lowest BCUT2D eigenvalue weighted by molar-refractivity contribution is -0.123. The Kier molecular flexibility index (Phi) is 6.78. The Balaban J connectivity index is 1.79. The van der Waals surface area contributed by atoms with Crippen LogP contribution in [0.2, 0.25) is 0 Å². The molecule has 150 valence electrons. The molecule has 0 radical (unpaired) electrons. The van der Waals surface area contributed by atoms with E-state index in [1.807, 2.05) is 20.8 Å². The van der Waals surface area contributed by atoms with Gasteiger partial charge in [0.1, 0.15) is 17.2 Å². The van der Waals surface area contributed by atoms with E-state index >= 15 is 0 Å². The number of benzene rings is 1. The van der Waals surface area contributed by atoms with Gasteiger partial charge in [-0.2, -0.15) is 0 Å². The fourth-order valence-corrected chi connectivity index (χ4v) is 3.14. The number of hydrogen-bond acceptors (Lipinski definition) is 3. The van der Waals surface area contributed by atoms with Crippen LogP contribution in [-0.4, -0.2) is 35.6 Å². The summed E-state index contributed by atoms with van der Waals surface area (Å²) in [6.07, 6.45) is 1.42. The average Bonchev–Trinajstić information content (AvgIpc) is 2.53. The van der Waals surface area contributed by atoms with E-state index in [0.717, 1.165) is 6.07 Å². The zero-order chi connectivity index (χ0) is 20.2. The summed E-state index contributed by atoms with van der Waals surface area (Å²) >= 11 is 0. The normalized spacial score (nSPS) is 16.7. The van der Waals surface area contributed by atoms with Crippen molar-refractivity contribution in [2.75, 3.05) is 13.1 Å². The highest BCUT2D eigenvalue weighted by Gasteiger charge is 2.28. The molecule has 1 fully saturated rings. The second-order valence-electron chi connectivity index (χ2n) is 8.07. The second kappa shape index (κ2) is 8.67. The first kappa shape index (κ1) is 21.1. The van der Waals surface area contributed by atoms with E-state index in [4.69, 9.17) is 4.74 Å². The number of hydrogen-bond donors (Lipinski definition) is 1. The molecule has 1 saturated heterocycles. The van der Waals surface area contributed by atoms with Crippen LogP contribution in [-0.2, 0) is 9.53 Å². The number of piperidine rings is 1. The second-order valence-corrected chi connectivity index (χ2v) is 8.07. The van der Waals surface area contributed by atoms with E-state index in [1.165, 1.54) is 12.1 Å². The van der Waals surface area contributed by atoms with Crippen molar-refractivity contribution in [3.8, 4) is 0 Å². The number of ether oxygens (including phenoxy) is 1. The number of carbonyl (C=O) groups excluding carboxylic acids is 2. The third-order valence-corrected chi connectivity index (χ3v) is 4.55. The molecule has 1 atom stereocenters. The molecule has 1 N–H and O–H groups in total. The first-order chi connectivity index (χ1) is 12.5. The minimum Gasteiger partial charge on any atom is -0.444 e. The molecule has 1 aliphatic heterocycles. The minimum atomic E-state index is -0.673. The van der Waals surface area contributed by atoms with Crippen LogP contribution < -0.4 is 5.32 Å². The first-order valence-electron chi connectivity index (χ1n) is 9.27. The molecule has 1 unspecified atom stereocenters. The maximum Gasteiger partial charge on any atom is 0.410 e. The third kappa shape index (κ3) is 6.48. The lowest BCUT2D eigenvalue weighted by Crippen LogP contribution is -2.42. The summed E-state index contributed by atoms with van der Waals surface area (Å²) in [5, 5.41) is 2.76. The van der Waals surface area contributed by atoms with Crippen LogP contribution in [0.1, 0.15) is 58.6 Å². The summed E-state index contributed by atoms with van der Waals surface area (Å²) < 4.78 is 32.2. The van der Waals surface area contributed by atoms with Crippen molar-refractivity contribution in [2.24, 2.45) is 5.92 Å². The van der Waals surface area contributed by atoms with Gasteiger partial charge in [0.05, 0.1) is 6.04 Å². The van der Waals surface area contributed by atoms with Crippen LogP contribution in [0.4, 0.5) is 13.6 Å². The lowest BCUT2D eigenvalue weighted by atomic mass is 9.93. The molecular formula is C20H28F2N2O3. The molecule has 1 heterocycles. The van der Waals surface area contributed by atoms with E-state index in [-0.39, 0.29) is 23.5 Å². The molecule has 1 aliphatic rings. The summed E-state index contributed by atoms with van der Waals surface area (Å²) in [6, 6.07) is 2.78. The van der Waals surface area contributed by atoms with E-state index < -0.39 is 23.3 Å². The van der Waals surface area contributed by atoms with Gasteiger partial charge >= 0.3 is 6.09 Å². The molecule has 1 aromatic carbocycles. The molecular weight excluding hydrogens is 354 g/mol. The molecule has 2 rings (SSSR count). The van der Waals surface area contributed by atoms with Gasteiger partial charge in [-0.25, -0.2) is 13.6 Å². The van der Waals surface area contributed by atoms with Crippen LogP contribution in [0.3, 0.4) is 0 Å². The highest BCUT2D eigenvalue weighted by molar-refractivity contribution is 5.76.